The molecule has 0 radical (unpaired) electrons. The van der Waals surface area contributed by atoms with Gasteiger partial charge in [-0.1, -0.05) is 12.1 Å². The maximum atomic E-state index is 12.2. The van der Waals surface area contributed by atoms with Crippen LogP contribution in [0.2, 0.25) is 0 Å². The van der Waals surface area contributed by atoms with Gasteiger partial charge in [-0.15, -0.1) is 0 Å². The zero-order chi connectivity index (χ0) is 19.3. The number of nitrogens with one attached hydrogen (secondary N) is 2. The van der Waals surface area contributed by atoms with E-state index in [0.717, 1.165) is 35.3 Å². The van der Waals surface area contributed by atoms with Gasteiger partial charge in [0, 0.05) is 41.4 Å². The molecule has 0 saturated heterocycles. The highest BCUT2D eigenvalue weighted by atomic mass is 16.2. The molecule has 28 heavy (non-hydrogen) atoms. The molecule has 2 N–H and O–H groups in total. The number of fused-ring (bicyclic) bond motifs is 1. The number of hydrogen-bond donors (Lipinski definition) is 2. The highest BCUT2D eigenvalue weighted by Crippen LogP contribution is 2.30. The van der Waals surface area contributed by atoms with Crippen LogP contribution in [0.3, 0.4) is 0 Å². The van der Waals surface area contributed by atoms with Crippen molar-refractivity contribution in [2.24, 2.45) is 0 Å². The lowest BCUT2D eigenvalue weighted by Crippen LogP contribution is -2.32. The van der Waals surface area contributed by atoms with Crippen LogP contribution in [0.25, 0.3) is 11.3 Å². The summed E-state index contributed by atoms with van der Waals surface area (Å²) in [6.45, 7) is 3.19. The lowest BCUT2D eigenvalue weighted by atomic mass is 9.94. The van der Waals surface area contributed by atoms with E-state index in [1.165, 1.54) is 24.1 Å². The van der Waals surface area contributed by atoms with E-state index < -0.39 is 0 Å². The summed E-state index contributed by atoms with van der Waals surface area (Å²) in [5.41, 5.74) is 6.73. The molecular weight excluding hydrogens is 350 g/mol. The van der Waals surface area contributed by atoms with Crippen LogP contribution in [0.1, 0.15) is 29.7 Å². The van der Waals surface area contributed by atoms with Gasteiger partial charge in [0.25, 0.3) is 0 Å². The number of carbonyl (C=O) groups excluding carboxylic acids is 1. The molecule has 2 amide bonds. The normalized spacial score (nSPS) is 13.0. The van der Waals surface area contributed by atoms with Gasteiger partial charge in [-0.2, -0.15) is 5.10 Å². The molecule has 3 aromatic rings. The molecule has 2 aromatic heterocycles. The van der Waals surface area contributed by atoms with Gasteiger partial charge in [0.2, 0.25) is 0 Å². The third-order valence-corrected chi connectivity index (χ3v) is 5.10. The molecular formula is C22H25N5O. The van der Waals surface area contributed by atoms with Gasteiger partial charge in [-0.05, 0) is 62.4 Å². The molecule has 144 valence electrons. The number of anilines is 1. The molecule has 0 atom stereocenters. The van der Waals surface area contributed by atoms with Crippen LogP contribution in [-0.2, 0) is 19.4 Å². The van der Waals surface area contributed by atoms with Crippen LogP contribution in [0.4, 0.5) is 10.5 Å². The molecule has 0 saturated carbocycles. The summed E-state index contributed by atoms with van der Waals surface area (Å²) in [6.07, 6.45) is 8.11. The topological polar surface area (TPSA) is 71.8 Å². The highest BCUT2D eigenvalue weighted by Gasteiger charge is 2.21. The van der Waals surface area contributed by atoms with Crippen LogP contribution < -0.4 is 10.6 Å². The number of carbonyl (C=O) groups is 1. The van der Waals surface area contributed by atoms with Crippen molar-refractivity contribution in [3.05, 3.63) is 65.6 Å². The smallest absolute Gasteiger partial charge is 0.319 e. The molecule has 6 heteroatoms. The molecule has 0 bridgehead atoms. The number of benzene rings is 1. The zero-order valence-corrected chi connectivity index (χ0v) is 16.1. The predicted octanol–water partition coefficient (Wildman–Crippen LogP) is 3.95. The Morgan fingerprint density at radius 2 is 1.96 bits per heavy atom. The van der Waals surface area contributed by atoms with Crippen molar-refractivity contribution in [3.8, 4) is 11.3 Å². The first kappa shape index (κ1) is 18.2. The fourth-order valence-corrected chi connectivity index (χ4v) is 3.77. The molecule has 0 unspecified atom stereocenters. The van der Waals surface area contributed by atoms with Gasteiger partial charge >= 0.3 is 6.03 Å². The van der Waals surface area contributed by atoms with Crippen LogP contribution in [0.5, 0.6) is 0 Å². The number of amides is 2. The molecule has 0 aliphatic heterocycles. The van der Waals surface area contributed by atoms with Crippen molar-refractivity contribution >= 4 is 11.7 Å². The van der Waals surface area contributed by atoms with E-state index in [-0.39, 0.29) is 6.03 Å². The molecule has 0 fully saturated rings. The second kappa shape index (κ2) is 8.25. The molecule has 4 rings (SSSR count). The van der Waals surface area contributed by atoms with E-state index in [0.29, 0.717) is 13.1 Å². The number of rotatable bonds is 5. The fraction of sp³-hybridized carbons (Fsp3) is 0.318. The van der Waals surface area contributed by atoms with Crippen molar-refractivity contribution < 1.29 is 4.79 Å². The van der Waals surface area contributed by atoms with Gasteiger partial charge in [-0.3, -0.25) is 9.67 Å². The summed E-state index contributed by atoms with van der Waals surface area (Å²) in [7, 11) is 0. The van der Waals surface area contributed by atoms with Crippen molar-refractivity contribution in [2.75, 3.05) is 11.9 Å². The van der Waals surface area contributed by atoms with Gasteiger partial charge in [0.1, 0.15) is 0 Å². The van der Waals surface area contributed by atoms with E-state index in [1.807, 2.05) is 43.3 Å². The van der Waals surface area contributed by atoms with Crippen molar-refractivity contribution in [2.45, 2.75) is 39.2 Å². The highest BCUT2D eigenvalue weighted by molar-refractivity contribution is 5.89. The first-order chi connectivity index (χ1) is 13.7. The van der Waals surface area contributed by atoms with E-state index in [4.69, 9.17) is 5.10 Å². The lowest BCUT2D eigenvalue weighted by Gasteiger charge is -2.14. The van der Waals surface area contributed by atoms with Gasteiger partial charge in [0.15, 0.2) is 0 Å². The molecule has 1 aromatic carbocycles. The molecule has 6 nitrogen and oxygen atoms in total. The largest absolute Gasteiger partial charge is 0.336 e. The number of aryl methyl sites for hydroxylation is 1. The van der Waals surface area contributed by atoms with Crippen molar-refractivity contribution in [1.29, 1.82) is 0 Å². The Labute approximate surface area is 165 Å². The monoisotopic (exact) mass is 375 g/mol. The average Bonchev–Trinajstić information content (AvgIpc) is 3.08. The van der Waals surface area contributed by atoms with Crippen molar-refractivity contribution in [1.82, 2.24) is 20.1 Å². The van der Waals surface area contributed by atoms with Gasteiger partial charge < -0.3 is 10.6 Å². The van der Waals surface area contributed by atoms with Crippen LogP contribution in [-0.4, -0.2) is 27.3 Å². The summed E-state index contributed by atoms with van der Waals surface area (Å²) in [5, 5.41) is 10.7. The average molecular weight is 375 g/mol. The quantitative estimate of drug-likeness (QED) is 0.709. The zero-order valence-electron chi connectivity index (χ0n) is 16.1. The molecule has 1 aliphatic rings. The summed E-state index contributed by atoms with van der Waals surface area (Å²) >= 11 is 0. The Kier molecular flexibility index (Phi) is 5.37. The predicted molar refractivity (Wildman–Crippen MR) is 110 cm³/mol. The van der Waals surface area contributed by atoms with Crippen LogP contribution >= 0.6 is 0 Å². The van der Waals surface area contributed by atoms with Crippen LogP contribution in [0.15, 0.2) is 48.8 Å². The number of urea groups is 1. The first-order valence-corrected chi connectivity index (χ1v) is 9.81. The molecule has 0 spiro atoms. The Balaban J connectivity index is 1.42. The number of pyridine rings is 1. The second-order valence-corrected chi connectivity index (χ2v) is 7.19. The van der Waals surface area contributed by atoms with Crippen LogP contribution in [0, 0.1) is 6.92 Å². The Bertz CT molecular complexity index is 964. The Morgan fingerprint density at radius 1 is 1.14 bits per heavy atom. The van der Waals surface area contributed by atoms with E-state index in [2.05, 4.69) is 20.3 Å². The lowest BCUT2D eigenvalue weighted by molar-refractivity contribution is 0.251. The van der Waals surface area contributed by atoms with E-state index >= 15 is 0 Å². The van der Waals surface area contributed by atoms with E-state index in [1.54, 1.807) is 12.4 Å². The van der Waals surface area contributed by atoms with Gasteiger partial charge in [-0.25, -0.2) is 4.79 Å². The van der Waals surface area contributed by atoms with Crippen molar-refractivity contribution in [3.63, 3.8) is 0 Å². The maximum Gasteiger partial charge on any atom is 0.319 e. The minimum atomic E-state index is -0.194. The third-order valence-electron chi connectivity index (χ3n) is 5.10. The summed E-state index contributed by atoms with van der Waals surface area (Å²) in [5.74, 6) is 0. The summed E-state index contributed by atoms with van der Waals surface area (Å²) in [6, 6.07) is 11.6. The molecule has 2 heterocycles. The Hall–Kier alpha value is -3.15. The van der Waals surface area contributed by atoms with E-state index in [9.17, 15) is 4.79 Å². The van der Waals surface area contributed by atoms with Gasteiger partial charge in [0.05, 0.1) is 12.2 Å². The standard InChI is InChI=1S/C22H25N5O/c1-16-5-4-6-18(15-16)25-22(28)24-13-14-27-20-8-3-2-7-19(20)21(26-27)17-9-11-23-12-10-17/h4-6,9-12,15H,2-3,7-8,13-14H2,1H3,(H2,24,25,28). The number of aromatic nitrogens is 3. The molecule has 1 aliphatic carbocycles. The fourth-order valence-electron chi connectivity index (χ4n) is 3.77. The second-order valence-electron chi connectivity index (χ2n) is 7.19. The first-order valence-electron chi connectivity index (χ1n) is 9.81. The minimum Gasteiger partial charge on any atom is -0.336 e. The maximum absolute atomic E-state index is 12.2. The number of nitrogens with zero attached hydrogens (tertiary/aromatic N) is 3. The Morgan fingerprint density at radius 3 is 2.79 bits per heavy atom. The minimum absolute atomic E-state index is 0.194. The third kappa shape index (κ3) is 4.06. The summed E-state index contributed by atoms with van der Waals surface area (Å²) in [4.78, 5) is 16.3. The SMILES string of the molecule is Cc1cccc(NC(=O)NCCn2nc(-c3ccncc3)c3c2CCCC3)c1. The number of hydrogen-bond acceptors (Lipinski definition) is 3. The summed E-state index contributed by atoms with van der Waals surface area (Å²) < 4.78 is 2.07.